The van der Waals surface area contributed by atoms with Gasteiger partial charge in [0.15, 0.2) is 0 Å². The molecule has 0 aliphatic rings. The van der Waals surface area contributed by atoms with Crippen molar-refractivity contribution in [3.05, 3.63) is 67.1 Å². The topological polar surface area (TPSA) is 72.2 Å². The highest BCUT2D eigenvalue weighted by molar-refractivity contribution is 9.10. The van der Waals surface area contributed by atoms with Crippen LogP contribution in [0.2, 0.25) is 5.02 Å². The highest BCUT2D eigenvalue weighted by Crippen LogP contribution is 2.25. The fourth-order valence-electron chi connectivity index (χ4n) is 1.74. The van der Waals surface area contributed by atoms with E-state index in [-0.39, 0.29) is 16.3 Å². The van der Waals surface area contributed by atoms with Crippen LogP contribution >= 0.6 is 27.5 Å². The van der Waals surface area contributed by atoms with Gasteiger partial charge in [0, 0.05) is 27.2 Å². The Hall–Kier alpha value is -1.92. The fourth-order valence-corrected chi connectivity index (χ4v) is 2.32. The summed E-state index contributed by atoms with van der Waals surface area (Å²) in [5.74, 6) is -0.466. The Morgan fingerprint density at radius 1 is 1.29 bits per heavy atom. The predicted molar refractivity (Wildman–Crippen MR) is 84.9 cm³/mol. The number of aryl methyl sites for hydroxylation is 1. The highest BCUT2D eigenvalue weighted by Gasteiger charge is 2.15. The first kappa shape index (κ1) is 15.5. The number of halogens is 2. The maximum absolute atomic E-state index is 12.2. The van der Waals surface area contributed by atoms with Crippen LogP contribution in [0.1, 0.15) is 15.9 Å². The van der Waals surface area contributed by atoms with Crippen LogP contribution in [0.15, 0.2) is 40.9 Å². The summed E-state index contributed by atoms with van der Waals surface area (Å²) in [5.41, 5.74) is 1.46. The van der Waals surface area contributed by atoms with Crippen LogP contribution in [0.5, 0.6) is 0 Å². The van der Waals surface area contributed by atoms with Crippen LogP contribution in [-0.4, -0.2) is 10.8 Å². The van der Waals surface area contributed by atoms with Gasteiger partial charge in [0.2, 0.25) is 0 Å². The number of nitrogens with one attached hydrogen (secondary N) is 1. The molecule has 0 aromatic heterocycles. The third-order valence-electron chi connectivity index (χ3n) is 2.73. The standard InChI is InChI=1S/C14H10BrClN2O3/c1-8-2-3-12(15)13(4-8)17-14(19)9-5-10(16)7-11(6-9)18(20)21/h2-7H,1H3,(H,17,19). The van der Waals surface area contributed by atoms with E-state index in [1.54, 1.807) is 6.07 Å². The molecule has 5 nitrogen and oxygen atoms in total. The van der Waals surface area contributed by atoms with E-state index in [0.29, 0.717) is 5.69 Å². The maximum Gasteiger partial charge on any atom is 0.271 e. The normalized spacial score (nSPS) is 10.2. The molecule has 2 aromatic rings. The van der Waals surface area contributed by atoms with Crippen molar-refractivity contribution >= 4 is 44.8 Å². The van der Waals surface area contributed by atoms with Gasteiger partial charge in [-0.1, -0.05) is 17.7 Å². The third kappa shape index (κ3) is 3.80. The molecule has 108 valence electrons. The Labute approximate surface area is 134 Å². The lowest BCUT2D eigenvalue weighted by Crippen LogP contribution is -2.12. The van der Waals surface area contributed by atoms with E-state index in [0.717, 1.165) is 10.0 Å². The monoisotopic (exact) mass is 368 g/mol. The van der Waals surface area contributed by atoms with E-state index in [1.807, 2.05) is 19.1 Å². The molecule has 0 unspecified atom stereocenters. The van der Waals surface area contributed by atoms with Gasteiger partial charge in [0.1, 0.15) is 0 Å². The molecule has 0 saturated heterocycles. The van der Waals surface area contributed by atoms with E-state index in [1.165, 1.54) is 18.2 Å². The fraction of sp³-hybridized carbons (Fsp3) is 0.0714. The van der Waals surface area contributed by atoms with Crippen molar-refractivity contribution in [1.29, 1.82) is 0 Å². The molecule has 1 N–H and O–H groups in total. The Morgan fingerprint density at radius 2 is 2.00 bits per heavy atom. The van der Waals surface area contributed by atoms with Crippen LogP contribution in [-0.2, 0) is 0 Å². The molecule has 0 spiro atoms. The number of hydrogen-bond donors (Lipinski definition) is 1. The third-order valence-corrected chi connectivity index (χ3v) is 3.64. The molecular formula is C14H10BrClN2O3. The number of nitrogens with zero attached hydrogens (tertiary/aromatic N) is 1. The van der Waals surface area contributed by atoms with Gasteiger partial charge in [0.25, 0.3) is 11.6 Å². The van der Waals surface area contributed by atoms with Gasteiger partial charge in [-0.25, -0.2) is 0 Å². The lowest BCUT2D eigenvalue weighted by molar-refractivity contribution is -0.384. The van der Waals surface area contributed by atoms with E-state index < -0.39 is 10.8 Å². The highest BCUT2D eigenvalue weighted by atomic mass is 79.9. The molecule has 2 aromatic carbocycles. The number of non-ortho nitro benzene ring substituents is 1. The molecule has 1 amide bonds. The van der Waals surface area contributed by atoms with Gasteiger partial charge in [-0.2, -0.15) is 0 Å². The lowest BCUT2D eigenvalue weighted by atomic mass is 10.1. The summed E-state index contributed by atoms with van der Waals surface area (Å²) in [6.07, 6.45) is 0. The SMILES string of the molecule is Cc1ccc(Br)c(NC(=O)c2cc(Cl)cc([N+](=O)[O-])c2)c1. The predicted octanol–water partition coefficient (Wildman–Crippen LogP) is 4.57. The minimum absolute atomic E-state index is 0.127. The number of hydrogen-bond acceptors (Lipinski definition) is 3. The number of benzene rings is 2. The van der Waals surface area contributed by atoms with Gasteiger partial charge in [-0.15, -0.1) is 0 Å². The Kier molecular flexibility index (Phi) is 4.59. The molecule has 21 heavy (non-hydrogen) atoms. The van der Waals surface area contributed by atoms with Crippen LogP contribution < -0.4 is 5.32 Å². The van der Waals surface area contributed by atoms with Crippen LogP contribution in [0.3, 0.4) is 0 Å². The summed E-state index contributed by atoms with van der Waals surface area (Å²) >= 11 is 9.14. The molecule has 7 heteroatoms. The van der Waals surface area contributed by atoms with Crippen molar-refractivity contribution in [1.82, 2.24) is 0 Å². The first-order chi connectivity index (χ1) is 9.86. The second-order valence-corrected chi connectivity index (χ2v) is 5.68. The Bertz CT molecular complexity index is 734. The summed E-state index contributed by atoms with van der Waals surface area (Å²) in [6.45, 7) is 1.90. The van der Waals surface area contributed by atoms with Crippen molar-refractivity contribution in [2.24, 2.45) is 0 Å². The van der Waals surface area contributed by atoms with Crippen LogP contribution in [0, 0.1) is 17.0 Å². The van der Waals surface area contributed by atoms with E-state index >= 15 is 0 Å². The second-order valence-electron chi connectivity index (χ2n) is 4.39. The molecule has 0 atom stereocenters. The molecule has 0 saturated carbocycles. The van der Waals surface area contributed by atoms with Crippen molar-refractivity contribution in [3.63, 3.8) is 0 Å². The van der Waals surface area contributed by atoms with Gasteiger partial charge >= 0.3 is 0 Å². The van der Waals surface area contributed by atoms with Crippen molar-refractivity contribution in [2.75, 3.05) is 5.32 Å². The molecule has 0 heterocycles. The van der Waals surface area contributed by atoms with Gasteiger partial charge in [-0.3, -0.25) is 14.9 Å². The summed E-state index contributed by atoms with van der Waals surface area (Å²) in [6, 6.07) is 9.26. The average Bonchev–Trinajstić information content (AvgIpc) is 2.42. The minimum Gasteiger partial charge on any atom is -0.321 e. The van der Waals surface area contributed by atoms with Gasteiger partial charge in [-0.05, 0) is 46.6 Å². The van der Waals surface area contributed by atoms with Crippen molar-refractivity contribution in [2.45, 2.75) is 6.92 Å². The molecular weight excluding hydrogens is 360 g/mol. The molecule has 0 aliphatic heterocycles. The van der Waals surface area contributed by atoms with Crippen molar-refractivity contribution in [3.8, 4) is 0 Å². The second kappa shape index (κ2) is 6.24. The summed E-state index contributed by atoms with van der Waals surface area (Å²) in [5, 5.41) is 13.6. The first-order valence-corrected chi connectivity index (χ1v) is 7.06. The molecule has 2 rings (SSSR count). The average molecular weight is 370 g/mol. The van der Waals surface area contributed by atoms with Crippen LogP contribution in [0.25, 0.3) is 0 Å². The number of rotatable bonds is 3. The lowest BCUT2D eigenvalue weighted by Gasteiger charge is -2.08. The number of carbonyl (C=O) groups is 1. The zero-order valence-electron chi connectivity index (χ0n) is 10.9. The number of carbonyl (C=O) groups excluding carboxylic acids is 1. The minimum atomic E-state index is -0.592. The van der Waals surface area contributed by atoms with Crippen LogP contribution in [0.4, 0.5) is 11.4 Å². The summed E-state index contributed by atoms with van der Waals surface area (Å²) < 4.78 is 0.720. The maximum atomic E-state index is 12.2. The number of amides is 1. The van der Waals surface area contributed by atoms with E-state index in [4.69, 9.17) is 11.6 Å². The zero-order valence-corrected chi connectivity index (χ0v) is 13.2. The van der Waals surface area contributed by atoms with Crippen molar-refractivity contribution < 1.29 is 9.72 Å². The number of anilines is 1. The summed E-state index contributed by atoms with van der Waals surface area (Å²) in [7, 11) is 0. The molecule has 0 bridgehead atoms. The van der Waals surface area contributed by atoms with E-state index in [9.17, 15) is 14.9 Å². The van der Waals surface area contributed by atoms with Gasteiger partial charge < -0.3 is 5.32 Å². The first-order valence-electron chi connectivity index (χ1n) is 5.89. The Balaban J connectivity index is 2.32. The van der Waals surface area contributed by atoms with Gasteiger partial charge in [0.05, 0.1) is 10.6 Å². The molecule has 0 fully saturated rings. The summed E-state index contributed by atoms with van der Waals surface area (Å²) in [4.78, 5) is 22.4. The quantitative estimate of drug-likeness (QED) is 0.636. The zero-order chi connectivity index (χ0) is 15.6. The number of nitro groups is 1. The largest absolute Gasteiger partial charge is 0.321 e. The molecule has 0 radical (unpaired) electrons. The van der Waals surface area contributed by atoms with E-state index in [2.05, 4.69) is 21.2 Å². The smallest absolute Gasteiger partial charge is 0.271 e. The Morgan fingerprint density at radius 3 is 2.67 bits per heavy atom. The number of nitro benzene ring substituents is 1. The molecule has 0 aliphatic carbocycles.